The highest BCUT2D eigenvalue weighted by Crippen LogP contribution is 2.36. The lowest BCUT2D eigenvalue weighted by Crippen LogP contribution is -2.48. The standard InChI is InChI=1S/C17H23NO2S/c1-12-2-6-16(7-3-12)21-9-8-17(20)18-13-4-5-14(18)11-15(19)10-13/h2-3,6-7,13-15,19H,4-5,8-11H2,1H3. The second-order valence-electron chi connectivity index (χ2n) is 6.22. The van der Waals surface area contributed by atoms with Crippen molar-refractivity contribution >= 4 is 17.7 Å². The third kappa shape index (κ3) is 3.43. The SMILES string of the molecule is Cc1ccc(SCCC(=O)N2C3CCC2CC(O)C3)cc1. The fraction of sp³-hybridized carbons (Fsp3) is 0.588. The third-order valence-corrected chi connectivity index (χ3v) is 5.62. The average Bonchev–Trinajstić information content (AvgIpc) is 2.73. The van der Waals surface area contributed by atoms with Gasteiger partial charge in [-0.05, 0) is 44.7 Å². The molecule has 1 N–H and O–H groups in total. The molecule has 0 spiro atoms. The van der Waals surface area contributed by atoms with Crippen molar-refractivity contribution in [1.82, 2.24) is 4.90 Å². The Morgan fingerprint density at radius 2 is 1.86 bits per heavy atom. The van der Waals surface area contributed by atoms with Crippen LogP contribution < -0.4 is 0 Å². The number of rotatable bonds is 4. The molecule has 2 aliphatic heterocycles. The van der Waals surface area contributed by atoms with Gasteiger partial charge in [-0.2, -0.15) is 0 Å². The molecule has 2 saturated heterocycles. The number of nitrogens with zero attached hydrogens (tertiary/aromatic N) is 1. The fourth-order valence-electron chi connectivity index (χ4n) is 3.58. The average molecular weight is 305 g/mol. The molecule has 2 atom stereocenters. The van der Waals surface area contributed by atoms with Crippen LogP contribution in [-0.4, -0.2) is 39.9 Å². The van der Waals surface area contributed by atoms with Crippen LogP contribution in [-0.2, 0) is 4.79 Å². The normalized spacial score (nSPS) is 27.9. The highest BCUT2D eigenvalue weighted by Gasteiger charge is 2.42. The Morgan fingerprint density at radius 3 is 2.48 bits per heavy atom. The van der Waals surface area contributed by atoms with Crippen LogP contribution in [0.1, 0.15) is 37.7 Å². The Labute approximate surface area is 130 Å². The number of aliphatic hydroxyl groups excluding tert-OH is 1. The minimum atomic E-state index is -0.200. The fourth-order valence-corrected chi connectivity index (χ4v) is 4.42. The van der Waals surface area contributed by atoms with E-state index in [-0.39, 0.29) is 24.1 Å². The zero-order chi connectivity index (χ0) is 14.8. The van der Waals surface area contributed by atoms with E-state index in [1.165, 1.54) is 10.5 Å². The Hall–Kier alpha value is -1.00. The van der Waals surface area contributed by atoms with Crippen molar-refractivity contribution in [3.63, 3.8) is 0 Å². The molecule has 0 radical (unpaired) electrons. The molecule has 0 aliphatic carbocycles. The van der Waals surface area contributed by atoms with Gasteiger partial charge in [0.25, 0.3) is 0 Å². The van der Waals surface area contributed by atoms with Crippen molar-refractivity contribution < 1.29 is 9.90 Å². The van der Waals surface area contributed by atoms with Crippen LogP contribution in [0.5, 0.6) is 0 Å². The van der Waals surface area contributed by atoms with Gasteiger partial charge in [-0.25, -0.2) is 0 Å². The lowest BCUT2D eigenvalue weighted by molar-refractivity contribution is -0.136. The minimum Gasteiger partial charge on any atom is -0.393 e. The first-order valence-corrected chi connectivity index (χ1v) is 8.81. The highest BCUT2D eigenvalue weighted by atomic mass is 32.2. The van der Waals surface area contributed by atoms with Gasteiger partial charge in [0, 0.05) is 29.2 Å². The molecule has 4 heteroatoms. The minimum absolute atomic E-state index is 0.200. The van der Waals surface area contributed by atoms with E-state index in [1.807, 2.05) is 0 Å². The Morgan fingerprint density at radius 1 is 1.24 bits per heavy atom. The van der Waals surface area contributed by atoms with Gasteiger partial charge in [0.1, 0.15) is 0 Å². The maximum absolute atomic E-state index is 12.4. The predicted molar refractivity (Wildman–Crippen MR) is 85.4 cm³/mol. The van der Waals surface area contributed by atoms with Crippen LogP contribution in [0.15, 0.2) is 29.2 Å². The number of piperidine rings is 1. The van der Waals surface area contributed by atoms with E-state index in [4.69, 9.17) is 0 Å². The Kier molecular flexibility index (Phi) is 4.55. The van der Waals surface area contributed by atoms with Crippen LogP contribution in [0.25, 0.3) is 0 Å². The van der Waals surface area contributed by atoms with Gasteiger partial charge in [0.15, 0.2) is 0 Å². The number of fused-ring (bicyclic) bond motifs is 2. The quantitative estimate of drug-likeness (QED) is 0.869. The van der Waals surface area contributed by atoms with E-state index < -0.39 is 0 Å². The zero-order valence-corrected chi connectivity index (χ0v) is 13.3. The molecule has 1 aromatic rings. The summed E-state index contributed by atoms with van der Waals surface area (Å²) in [6.45, 7) is 2.08. The molecule has 21 heavy (non-hydrogen) atoms. The zero-order valence-electron chi connectivity index (χ0n) is 12.5. The molecule has 2 heterocycles. The summed E-state index contributed by atoms with van der Waals surface area (Å²) in [6.07, 6.45) is 4.08. The maximum atomic E-state index is 12.4. The molecule has 3 nitrogen and oxygen atoms in total. The van der Waals surface area contributed by atoms with E-state index in [0.29, 0.717) is 6.42 Å². The molecule has 0 aromatic heterocycles. The molecule has 0 saturated carbocycles. The van der Waals surface area contributed by atoms with Crippen molar-refractivity contribution in [3.8, 4) is 0 Å². The van der Waals surface area contributed by atoms with E-state index in [9.17, 15) is 9.90 Å². The summed E-state index contributed by atoms with van der Waals surface area (Å²) in [4.78, 5) is 15.7. The molecule has 1 amide bonds. The van der Waals surface area contributed by atoms with Crippen molar-refractivity contribution in [2.75, 3.05) is 5.75 Å². The number of carbonyl (C=O) groups is 1. The first-order valence-electron chi connectivity index (χ1n) is 7.82. The van der Waals surface area contributed by atoms with Gasteiger partial charge >= 0.3 is 0 Å². The summed E-state index contributed by atoms with van der Waals surface area (Å²) in [5, 5.41) is 9.79. The number of aryl methyl sites for hydroxylation is 1. The maximum Gasteiger partial charge on any atom is 0.223 e. The van der Waals surface area contributed by atoms with Gasteiger partial charge < -0.3 is 10.0 Å². The number of carbonyl (C=O) groups excluding carboxylic acids is 1. The number of amides is 1. The lowest BCUT2D eigenvalue weighted by Gasteiger charge is -2.37. The Bertz CT molecular complexity index is 488. The lowest BCUT2D eigenvalue weighted by atomic mass is 9.99. The molecular formula is C17H23NO2S. The summed E-state index contributed by atoms with van der Waals surface area (Å²) in [7, 11) is 0. The number of thioether (sulfide) groups is 1. The molecule has 3 rings (SSSR count). The molecule has 2 unspecified atom stereocenters. The first kappa shape index (κ1) is 14.9. The molecule has 2 bridgehead atoms. The van der Waals surface area contributed by atoms with Gasteiger partial charge in [0.2, 0.25) is 5.91 Å². The highest BCUT2D eigenvalue weighted by molar-refractivity contribution is 7.99. The van der Waals surface area contributed by atoms with E-state index in [0.717, 1.165) is 31.4 Å². The smallest absolute Gasteiger partial charge is 0.223 e. The second-order valence-corrected chi connectivity index (χ2v) is 7.39. The summed E-state index contributed by atoms with van der Waals surface area (Å²) in [5.41, 5.74) is 1.26. The molecule has 2 aliphatic rings. The van der Waals surface area contributed by atoms with Crippen molar-refractivity contribution in [3.05, 3.63) is 29.8 Å². The number of hydrogen-bond acceptors (Lipinski definition) is 3. The van der Waals surface area contributed by atoms with Crippen molar-refractivity contribution in [2.24, 2.45) is 0 Å². The molecule has 114 valence electrons. The topological polar surface area (TPSA) is 40.5 Å². The van der Waals surface area contributed by atoms with Crippen LogP contribution in [0, 0.1) is 6.92 Å². The summed E-state index contributed by atoms with van der Waals surface area (Å²) >= 11 is 1.75. The number of aliphatic hydroxyl groups is 1. The first-order chi connectivity index (χ1) is 10.1. The molecule has 2 fully saturated rings. The monoisotopic (exact) mass is 305 g/mol. The van der Waals surface area contributed by atoms with Crippen LogP contribution in [0.4, 0.5) is 0 Å². The van der Waals surface area contributed by atoms with Crippen molar-refractivity contribution in [2.45, 2.75) is 62.1 Å². The van der Waals surface area contributed by atoms with E-state index >= 15 is 0 Å². The van der Waals surface area contributed by atoms with Gasteiger partial charge in [-0.15, -0.1) is 11.8 Å². The Balaban J connectivity index is 1.49. The third-order valence-electron chi connectivity index (χ3n) is 4.60. The summed E-state index contributed by atoms with van der Waals surface area (Å²) in [6, 6.07) is 9.02. The second kappa shape index (κ2) is 6.41. The van der Waals surface area contributed by atoms with Crippen molar-refractivity contribution in [1.29, 1.82) is 0 Å². The van der Waals surface area contributed by atoms with Crippen LogP contribution in [0.2, 0.25) is 0 Å². The van der Waals surface area contributed by atoms with Gasteiger partial charge in [0.05, 0.1) is 6.10 Å². The van der Waals surface area contributed by atoms with E-state index in [1.54, 1.807) is 11.8 Å². The predicted octanol–water partition coefficient (Wildman–Crippen LogP) is 2.99. The summed E-state index contributed by atoms with van der Waals surface area (Å²) in [5.74, 6) is 1.11. The number of benzene rings is 1. The van der Waals surface area contributed by atoms with Crippen LogP contribution >= 0.6 is 11.8 Å². The molecule has 1 aromatic carbocycles. The van der Waals surface area contributed by atoms with Gasteiger partial charge in [-0.3, -0.25) is 4.79 Å². The van der Waals surface area contributed by atoms with E-state index in [2.05, 4.69) is 36.1 Å². The number of hydrogen-bond donors (Lipinski definition) is 1. The molecular weight excluding hydrogens is 282 g/mol. The largest absolute Gasteiger partial charge is 0.393 e. The van der Waals surface area contributed by atoms with Crippen LogP contribution in [0.3, 0.4) is 0 Å². The summed E-state index contributed by atoms with van der Waals surface area (Å²) < 4.78 is 0. The van der Waals surface area contributed by atoms with Gasteiger partial charge in [-0.1, -0.05) is 17.7 Å².